The van der Waals surface area contributed by atoms with Gasteiger partial charge >= 0.3 is 0 Å². The molecule has 0 aromatic carbocycles. The van der Waals surface area contributed by atoms with Crippen molar-refractivity contribution in [3.05, 3.63) is 24.2 Å². The van der Waals surface area contributed by atoms with Crippen molar-refractivity contribution in [2.24, 2.45) is 18.4 Å². The topological polar surface area (TPSA) is 83.1 Å². The number of imidazole rings is 1. The largest absolute Gasteiger partial charge is 0.393 e. The predicted octanol–water partition coefficient (Wildman–Crippen LogP) is 1.14. The third-order valence-corrected chi connectivity index (χ3v) is 6.47. The summed E-state index contributed by atoms with van der Waals surface area (Å²) in [6.07, 6.45) is 7.43. The van der Waals surface area contributed by atoms with Crippen LogP contribution in [0.5, 0.6) is 0 Å². The van der Waals surface area contributed by atoms with Crippen molar-refractivity contribution in [3.63, 3.8) is 0 Å². The maximum Gasteiger partial charge on any atom is 0.259 e. The molecule has 2 fully saturated rings. The van der Waals surface area contributed by atoms with Gasteiger partial charge in [-0.3, -0.25) is 9.59 Å². The molecule has 152 valence electrons. The highest BCUT2D eigenvalue weighted by Gasteiger charge is 2.64. The summed E-state index contributed by atoms with van der Waals surface area (Å²) in [7, 11) is 3.65. The van der Waals surface area contributed by atoms with Gasteiger partial charge in [0.25, 0.3) is 5.91 Å². The van der Waals surface area contributed by atoms with E-state index in [-0.39, 0.29) is 35.3 Å². The standard InChI is InChI=1S/C20H29N5O3/c1-13(2)24(19(28)16-11-20(16)9-14(26)10-20)7-5-23(4)18(27)15-12-21-25-8-6-22(3)17(15)25/h6,8,12-14,16,26H,5,7,9-11H2,1-4H3. The monoisotopic (exact) mass is 387 g/mol. The van der Waals surface area contributed by atoms with Crippen molar-refractivity contribution in [2.75, 3.05) is 20.1 Å². The van der Waals surface area contributed by atoms with Gasteiger partial charge in [0.2, 0.25) is 5.91 Å². The third-order valence-electron chi connectivity index (χ3n) is 6.47. The van der Waals surface area contributed by atoms with E-state index < -0.39 is 0 Å². The quantitative estimate of drug-likeness (QED) is 0.806. The van der Waals surface area contributed by atoms with Crippen LogP contribution >= 0.6 is 0 Å². The SMILES string of the molecule is CC(C)N(CCN(C)C(=O)c1cnn2ccn(C)c12)C(=O)C1CC12CC(O)C2. The van der Waals surface area contributed by atoms with Crippen molar-refractivity contribution in [3.8, 4) is 0 Å². The van der Waals surface area contributed by atoms with Crippen LogP contribution in [0.15, 0.2) is 18.6 Å². The van der Waals surface area contributed by atoms with Crippen LogP contribution in [-0.4, -0.2) is 73.2 Å². The molecule has 8 heteroatoms. The van der Waals surface area contributed by atoms with E-state index in [2.05, 4.69) is 5.10 Å². The van der Waals surface area contributed by atoms with E-state index in [9.17, 15) is 14.7 Å². The van der Waals surface area contributed by atoms with E-state index in [0.29, 0.717) is 18.7 Å². The Morgan fingerprint density at radius 3 is 2.64 bits per heavy atom. The van der Waals surface area contributed by atoms with Gasteiger partial charge in [0, 0.05) is 51.5 Å². The molecule has 2 heterocycles. The van der Waals surface area contributed by atoms with Gasteiger partial charge in [-0.05, 0) is 38.5 Å². The Hall–Kier alpha value is -2.35. The Morgan fingerprint density at radius 1 is 1.29 bits per heavy atom. The molecule has 2 aromatic heterocycles. The Bertz CT molecular complexity index is 908. The number of hydrogen-bond donors (Lipinski definition) is 1. The molecule has 0 saturated heterocycles. The molecule has 28 heavy (non-hydrogen) atoms. The van der Waals surface area contributed by atoms with Crippen molar-refractivity contribution in [1.29, 1.82) is 0 Å². The minimum Gasteiger partial charge on any atom is -0.393 e. The van der Waals surface area contributed by atoms with Crippen LogP contribution in [0.2, 0.25) is 0 Å². The van der Waals surface area contributed by atoms with Gasteiger partial charge in [-0.25, -0.2) is 4.52 Å². The highest BCUT2D eigenvalue weighted by atomic mass is 16.3. The van der Waals surface area contributed by atoms with E-state index in [1.165, 1.54) is 0 Å². The van der Waals surface area contributed by atoms with Crippen LogP contribution in [0.4, 0.5) is 0 Å². The molecule has 1 spiro atoms. The van der Waals surface area contributed by atoms with Gasteiger partial charge in [-0.1, -0.05) is 0 Å². The first kappa shape index (κ1) is 19.0. The average Bonchev–Trinajstić information content (AvgIpc) is 3.02. The van der Waals surface area contributed by atoms with Crippen LogP contribution in [0.25, 0.3) is 5.65 Å². The molecule has 2 aliphatic carbocycles. The number of hydrogen-bond acceptors (Lipinski definition) is 4. The zero-order valence-electron chi connectivity index (χ0n) is 17.0. The summed E-state index contributed by atoms with van der Waals surface area (Å²) in [6, 6.07) is 0.0781. The Balaban J connectivity index is 1.39. The number of carbonyl (C=O) groups is 2. The highest BCUT2D eigenvalue weighted by molar-refractivity contribution is 5.99. The smallest absolute Gasteiger partial charge is 0.259 e. The number of aliphatic hydroxyl groups is 1. The molecule has 2 amide bonds. The molecule has 0 radical (unpaired) electrons. The molecule has 1 atom stereocenters. The maximum atomic E-state index is 13.0. The summed E-state index contributed by atoms with van der Waals surface area (Å²) in [5.41, 5.74) is 1.38. The maximum absolute atomic E-state index is 13.0. The molecule has 2 aromatic rings. The summed E-state index contributed by atoms with van der Waals surface area (Å²) >= 11 is 0. The second-order valence-electron chi connectivity index (χ2n) is 8.77. The number of amides is 2. The Morgan fingerprint density at radius 2 is 2.00 bits per heavy atom. The van der Waals surface area contributed by atoms with Gasteiger partial charge in [0.15, 0.2) is 0 Å². The van der Waals surface area contributed by atoms with E-state index in [1.54, 1.807) is 22.7 Å². The summed E-state index contributed by atoms with van der Waals surface area (Å²) < 4.78 is 3.56. The van der Waals surface area contributed by atoms with Crippen molar-refractivity contribution < 1.29 is 14.7 Å². The normalized spacial score (nSPS) is 25.9. The predicted molar refractivity (Wildman–Crippen MR) is 104 cm³/mol. The third kappa shape index (κ3) is 2.99. The lowest BCUT2D eigenvalue weighted by Crippen LogP contribution is -2.45. The molecule has 8 nitrogen and oxygen atoms in total. The second kappa shape index (κ2) is 6.62. The van der Waals surface area contributed by atoms with Crippen molar-refractivity contribution in [2.45, 2.75) is 45.3 Å². The zero-order chi connectivity index (χ0) is 20.2. The number of fused-ring (bicyclic) bond motifs is 1. The average molecular weight is 387 g/mol. The lowest BCUT2D eigenvalue weighted by atomic mass is 9.77. The summed E-state index contributed by atoms with van der Waals surface area (Å²) in [5.74, 6) is 0.106. The fourth-order valence-corrected chi connectivity index (χ4v) is 4.62. The Kier molecular flexibility index (Phi) is 4.49. The number of aromatic nitrogens is 3. The number of rotatable bonds is 6. The van der Waals surface area contributed by atoms with Gasteiger partial charge in [0.05, 0.1) is 12.3 Å². The van der Waals surface area contributed by atoms with Crippen molar-refractivity contribution in [1.82, 2.24) is 24.0 Å². The molecular formula is C20H29N5O3. The Labute approximate surface area is 164 Å². The number of aryl methyl sites for hydroxylation is 1. The van der Waals surface area contributed by atoms with E-state index in [0.717, 1.165) is 24.9 Å². The van der Waals surface area contributed by atoms with Gasteiger partial charge in [0.1, 0.15) is 11.2 Å². The number of likely N-dealkylation sites (N-methyl/N-ethyl adjacent to an activating group) is 1. The minimum atomic E-state index is -0.237. The van der Waals surface area contributed by atoms with Gasteiger partial charge in [-0.15, -0.1) is 0 Å². The first-order valence-corrected chi connectivity index (χ1v) is 9.96. The van der Waals surface area contributed by atoms with Crippen LogP contribution in [0.3, 0.4) is 0 Å². The van der Waals surface area contributed by atoms with E-state index in [4.69, 9.17) is 0 Å². The fraction of sp³-hybridized carbons (Fsp3) is 0.650. The van der Waals surface area contributed by atoms with Crippen molar-refractivity contribution >= 4 is 17.5 Å². The molecule has 1 unspecified atom stereocenters. The molecule has 4 rings (SSSR count). The lowest BCUT2D eigenvalue weighted by Gasteiger charge is -2.35. The molecule has 0 aliphatic heterocycles. The number of aliphatic hydroxyl groups excluding tert-OH is 1. The minimum absolute atomic E-state index is 0.0398. The molecule has 0 bridgehead atoms. The van der Waals surface area contributed by atoms with Crippen LogP contribution < -0.4 is 0 Å². The van der Waals surface area contributed by atoms with E-state index in [1.807, 2.05) is 42.8 Å². The number of carbonyl (C=O) groups excluding carboxylic acids is 2. The lowest BCUT2D eigenvalue weighted by molar-refractivity contribution is -0.136. The molecule has 1 N–H and O–H groups in total. The van der Waals surface area contributed by atoms with Crippen LogP contribution in [0, 0.1) is 11.3 Å². The molecule has 2 saturated carbocycles. The summed E-state index contributed by atoms with van der Waals surface area (Å²) in [4.78, 5) is 29.4. The van der Waals surface area contributed by atoms with E-state index >= 15 is 0 Å². The van der Waals surface area contributed by atoms with Gasteiger partial charge in [-0.2, -0.15) is 5.10 Å². The number of nitrogens with zero attached hydrogens (tertiary/aromatic N) is 5. The van der Waals surface area contributed by atoms with Gasteiger partial charge < -0.3 is 19.5 Å². The zero-order valence-corrected chi connectivity index (χ0v) is 17.0. The first-order valence-electron chi connectivity index (χ1n) is 9.96. The fourth-order valence-electron chi connectivity index (χ4n) is 4.62. The summed E-state index contributed by atoms with van der Waals surface area (Å²) in [5, 5.41) is 13.8. The summed E-state index contributed by atoms with van der Waals surface area (Å²) in [6.45, 7) is 4.99. The molecular weight excluding hydrogens is 358 g/mol. The highest BCUT2D eigenvalue weighted by Crippen LogP contribution is 2.65. The first-order chi connectivity index (χ1) is 13.2. The van der Waals surface area contributed by atoms with Crippen LogP contribution in [-0.2, 0) is 11.8 Å². The molecule has 2 aliphatic rings. The second-order valence-corrected chi connectivity index (χ2v) is 8.77. The van der Waals surface area contributed by atoms with Crippen LogP contribution in [0.1, 0.15) is 43.5 Å².